The van der Waals surface area contributed by atoms with Gasteiger partial charge in [0.25, 0.3) is 0 Å². The van der Waals surface area contributed by atoms with Gasteiger partial charge in [-0.1, -0.05) is 13.8 Å². The molecular formula is C9H17N3OS. The molecule has 0 amide bonds. The van der Waals surface area contributed by atoms with Crippen LogP contribution in [0.2, 0.25) is 0 Å². The second-order valence-corrected chi connectivity index (χ2v) is 3.73. The molecule has 0 radical (unpaired) electrons. The first-order valence-electron chi connectivity index (χ1n) is 4.84. The van der Waals surface area contributed by atoms with Gasteiger partial charge in [-0.3, -0.25) is 5.10 Å². The summed E-state index contributed by atoms with van der Waals surface area (Å²) in [7, 11) is 1.69. The standard InChI is InChI=1S/C9H17N3OS/c1-4-7(2)8-10-11-9(14)12(8)5-6-13-3/h7H,4-6H2,1-3H3,(H,11,14). The summed E-state index contributed by atoms with van der Waals surface area (Å²) in [6.07, 6.45) is 1.06. The summed E-state index contributed by atoms with van der Waals surface area (Å²) in [6.45, 7) is 5.72. The molecule has 1 unspecified atom stereocenters. The maximum atomic E-state index is 5.14. The quantitative estimate of drug-likeness (QED) is 0.765. The Labute approximate surface area is 89.3 Å². The van der Waals surface area contributed by atoms with Gasteiger partial charge in [-0.15, -0.1) is 0 Å². The largest absolute Gasteiger partial charge is 0.383 e. The van der Waals surface area contributed by atoms with E-state index in [9.17, 15) is 0 Å². The van der Waals surface area contributed by atoms with Crippen molar-refractivity contribution in [2.75, 3.05) is 13.7 Å². The highest BCUT2D eigenvalue weighted by Crippen LogP contribution is 2.15. The lowest BCUT2D eigenvalue weighted by molar-refractivity contribution is 0.185. The maximum Gasteiger partial charge on any atom is 0.195 e. The summed E-state index contributed by atoms with van der Waals surface area (Å²) in [5, 5.41) is 7.05. The van der Waals surface area contributed by atoms with E-state index in [1.807, 2.05) is 4.57 Å². The van der Waals surface area contributed by atoms with Crippen LogP contribution in [-0.4, -0.2) is 28.5 Å². The molecule has 1 N–H and O–H groups in total. The molecule has 5 heteroatoms. The Hall–Kier alpha value is -0.680. The molecule has 4 nitrogen and oxygen atoms in total. The summed E-state index contributed by atoms with van der Waals surface area (Å²) >= 11 is 5.14. The van der Waals surface area contributed by atoms with Crippen LogP contribution in [0.4, 0.5) is 0 Å². The molecule has 0 bridgehead atoms. The molecule has 14 heavy (non-hydrogen) atoms. The molecule has 1 atom stereocenters. The highest BCUT2D eigenvalue weighted by atomic mass is 32.1. The van der Waals surface area contributed by atoms with E-state index in [0.29, 0.717) is 17.3 Å². The molecule has 1 heterocycles. The molecule has 1 aromatic rings. The molecule has 1 rings (SSSR count). The highest BCUT2D eigenvalue weighted by Gasteiger charge is 2.11. The van der Waals surface area contributed by atoms with E-state index < -0.39 is 0 Å². The minimum Gasteiger partial charge on any atom is -0.383 e. The maximum absolute atomic E-state index is 5.14. The van der Waals surface area contributed by atoms with Gasteiger partial charge in [0.1, 0.15) is 5.82 Å². The summed E-state index contributed by atoms with van der Waals surface area (Å²) in [5.41, 5.74) is 0. The van der Waals surface area contributed by atoms with Crippen molar-refractivity contribution in [1.82, 2.24) is 14.8 Å². The Kier molecular flexibility index (Phi) is 4.28. The van der Waals surface area contributed by atoms with Crippen LogP contribution in [-0.2, 0) is 11.3 Å². The van der Waals surface area contributed by atoms with Crippen molar-refractivity contribution in [3.8, 4) is 0 Å². The van der Waals surface area contributed by atoms with Gasteiger partial charge in [0.15, 0.2) is 4.77 Å². The van der Waals surface area contributed by atoms with Crippen LogP contribution in [0.25, 0.3) is 0 Å². The number of rotatable bonds is 5. The van der Waals surface area contributed by atoms with E-state index in [1.165, 1.54) is 0 Å². The van der Waals surface area contributed by atoms with Crippen LogP contribution < -0.4 is 0 Å². The van der Waals surface area contributed by atoms with Gasteiger partial charge in [0.2, 0.25) is 0 Å². The van der Waals surface area contributed by atoms with E-state index in [-0.39, 0.29) is 0 Å². The lowest BCUT2D eigenvalue weighted by atomic mass is 10.1. The van der Waals surface area contributed by atoms with Crippen LogP contribution in [0.5, 0.6) is 0 Å². The Morgan fingerprint density at radius 3 is 2.93 bits per heavy atom. The summed E-state index contributed by atoms with van der Waals surface area (Å²) < 4.78 is 7.71. The average molecular weight is 215 g/mol. The van der Waals surface area contributed by atoms with Crippen LogP contribution in [0.1, 0.15) is 32.0 Å². The summed E-state index contributed by atoms with van der Waals surface area (Å²) in [5.74, 6) is 1.45. The fourth-order valence-corrected chi connectivity index (χ4v) is 1.52. The number of hydrogen-bond acceptors (Lipinski definition) is 3. The van der Waals surface area contributed by atoms with Crippen LogP contribution in [0.15, 0.2) is 0 Å². The molecule has 0 spiro atoms. The minimum atomic E-state index is 0.430. The number of ether oxygens (including phenoxy) is 1. The van der Waals surface area contributed by atoms with E-state index >= 15 is 0 Å². The molecule has 0 aliphatic rings. The average Bonchev–Trinajstić information content (AvgIpc) is 2.56. The second-order valence-electron chi connectivity index (χ2n) is 3.34. The smallest absolute Gasteiger partial charge is 0.195 e. The lowest BCUT2D eigenvalue weighted by Crippen LogP contribution is -2.10. The number of aromatic amines is 1. The van der Waals surface area contributed by atoms with Crippen molar-refractivity contribution in [3.05, 3.63) is 10.6 Å². The Morgan fingerprint density at radius 1 is 1.64 bits per heavy atom. The van der Waals surface area contributed by atoms with Gasteiger partial charge in [-0.25, -0.2) is 0 Å². The van der Waals surface area contributed by atoms with Gasteiger partial charge < -0.3 is 9.30 Å². The molecule has 0 saturated heterocycles. The van der Waals surface area contributed by atoms with E-state index in [4.69, 9.17) is 17.0 Å². The van der Waals surface area contributed by atoms with Crippen molar-refractivity contribution in [3.63, 3.8) is 0 Å². The third-order valence-electron chi connectivity index (χ3n) is 2.36. The lowest BCUT2D eigenvalue weighted by Gasteiger charge is -2.10. The first-order valence-corrected chi connectivity index (χ1v) is 5.25. The molecule has 0 saturated carbocycles. The minimum absolute atomic E-state index is 0.430. The Balaban J connectivity index is 2.88. The van der Waals surface area contributed by atoms with Crippen LogP contribution >= 0.6 is 12.2 Å². The van der Waals surface area contributed by atoms with Crippen molar-refractivity contribution in [2.24, 2.45) is 0 Å². The number of hydrogen-bond donors (Lipinski definition) is 1. The zero-order chi connectivity index (χ0) is 10.6. The first-order chi connectivity index (χ1) is 6.70. The number of nitrogens with zero attached hydrogens (tertiary/aromatic N) is 2. The third-order valence-corrected chi connectivity index (χ3v) is 2.67. The molecule has 0 aromatic carbocycles. The molecule has 0 fully saturated rings. The van der Waals surface area contributed by atoms with Crippen LogP contribution in [0, 0.1) is 4.77 Å². The number of aromatic nitrogens is 3. The fraction of sp³-hybridized carbons (Fsp3) is 0.778. The SMILES string of the molecule is CCC(C)c1n[nH]c(=S)n1CCOC. The molecule has 0 aliphatic carbocycles. The molecule has 80 valence electrons. The summed E-state index contributed by atoms with van der Waals surface area (Å²) in [6, 6.07) is 0. The van der Waals surface area contributed by atoms with Gasteiger partial charge in [-0.2, -0.15) is 5.10 Å². The highest BCUT2D eigenvalue weighted by molar-refractivity contribution is 7.71. The molecule has 0 aliphatic heterocycles. The Bertz CT molecular complexity index is 331. The van der Waals surface area contributed by atoms with Gasteiger partial charge in [-0.05, 0) is 18.6 Å². The predicted molar refractivity (Wildman–Crippen MR) is 58.0 cm³/mol. The zero-order valence-electron chi connectivity index (χ0n) is 8.91. The zero-order valence-corrected chi connectivity index (χ0v) is 9.73. The molecule has 1 aromatic heterocycles. The van der Waals surface area contributed by atoms with Crippen molar-refractivity contribution >= 4 is 12.2 Å². The van der Waals surface area contributed by atoms with Crippen molar-refractivity contribution in [1.29, 1.82) is 0 Å². The van der Waals surface area contributed by atoms with E-state index in [2.05, 4.69) is 24.0 Å². The fourth-order valence-electron chi connectivity index (χ4n) is 1.29. The van der Waals surface area contributed by atoms with Gasteiger partial charge in [0, 0.05) is 19.6 Å². The summed E-state index contributed by atoms with van der Waals surface area (Å²) in [4.78, 5) is 0. The first kappa shape index (κ1) is 11.4. The monoisotopic (exact) mass is 215 g/mol. The number of methoxy groups -OCH3 is 1. The van der Waals surface area contributed by atoms with Crippen LogP contribution in [0.3, 0.4) is 0 Å². The third kappa shape index (κ3) is 2.42. The molecular weight excluding hydrogens is 198 g/mol. The van der Waals surface area contributed by atoms with E-state index in [0.717, 1.165) is 18.8 Å². The number of nitrogens with one attached hydrogen (secondary N) is 1. The van der Waals surface area contributed by atoms with E-state index in [1.54, 1.807) is 7.11 Å². The topological polar surface area (TPSA) is 42.8 Å². The second kappa shape index (κ2) is 5.26. The van der Waals surface area contributed by atoms with Crippen molar-refractivity contribution < 1.29 is 4.74 Å². The van der Waals surface area contributed by atoms with Gasteiger partial charge in [0.05, 0.1) is 6.61 Å². The van der Waals surface area contributed by atoms with Gasteiger partial charge >= 0.3 is 0 Å². The number of H-pyrrole nitrogens is 1. The Morgan fingerprint density at radius 2 is 2.36 bits per heavy atom. The normalized spacial score (nSPS) is 13.1. The predicted octanol–water partition coefficient (Wildman–Crippen LogP) is 2.10. The van der Waals surface area contributed by atoms with Crippen molar-refractivity contribution in [2.45, 2.75) is 32.7 Å².